The molecule has 3 rings (SSSR count). The molecule has 1 saturated heterocycles. The van der Waals surface area contributed by atoms with E-state index >= 15 is 0 Å². The summed E-state index contributed by atoms with van der Waals surface area (Å²) in [5.74, 6) is 0.794. The zero-order valence-corrected chi connectivity index (χ0v) is 21.4. The molecule has 1 saturated carbocycles. The lowest BCUT2D eigenvalue weighted by Crippen LogP contribution is -2.60. The van der Waals surface area contributed by atoms with Gasteiger partial charge in [-0.1, -0.05) is 52.9 Å². The van der Waals surface area contributed by atoms with Gasteiger partial charge in [-0.25, -0.2) is 4.79 Å². The number of ketones is 1. The molecular formula is C26H39N3O4S. The van der Waals surface area contributed by atoms with E-state index in [4.69, 9.17) is 10.5 Å². The fraction of sp³-hybridized carbons (Fsp3) is 0.654. The Labute approximate surface area is 207 Å². The Morgan fingerprint density at radius 2 is 1.82 bits per heavy atom. The number of carbonyl (C=O) groups is 3. The molecule has 0 spiro atoms. The SMILES string of the molecule is CCC1C(=O)NC(SCC(=O)c2ccc(OC(=O)C(N)C(C)C)cc2)NC1CC1CCCCC1. The fourth-order valence-corrected chi connectivity index (χ4v) is 5.71. The largest absolute Gasteiger partial charge is 0.425 e. The third-order valence-electron chi connectivity index (χ3n) is 6.98. The van der Waals surface area contributed by atoms with Crippen LogP contribution in [0.25, 0.3) is 0 Å². The Kier molecular flexibility index (Phi) is 9.97. The summed E-state index contributed by atoms with van der Waals surface area (Å²) < 4.78 is 5.30. The molecule has 0 radical (unpaired) electrons. The van der Waals surface area contributed by atoms with Crippen molar-refractivity contribution in [3.05, 3.63) is 29.8 Å². The summed E-state index contributed by atoms with van der Waals surface area (Å²) in [6.07, 6.45) is 8.23. The van der Waals surface area contributed by atoms with E-state index in [2.05, 4.69) is 17.6 Å². The fourth-order valence-electron chi connectivity index (χ4n) is 4.75. The molecule has 2 fully saturated rings. The van der Waals surface area contributed by atoms with Crippen molar-refractivity contribution in [3.63, 3.8) is 0 Å². The van der Waals surface area contributed by atoms with Crippen molar-refractivity contribution in [3.8, 4) is 5.75 Å². The minimum atomic E-state index is -0.690. The number of benzene rings is 1. The van der Waals surface area contributed by atoms with Gasteiger partial charge in [-0.3, -0.25) is 14.9 Å². The predicted octanol–water partition coefficient (Wildman–Crippen LogP) is 3.86. The molecule has 8 heteroatoms. The summed E-state index contributed by atoms with van der Waals surface area (Å²) in [6, 6.07) is 5.98. The molecule has 1 aliphatic carbocycles. The van der Waals surface area contributed by atoms with Crippen LogP contribution in [0.3, 0.4) is 0 Å². The van der Waals surface area contributed by atoms with Gasteiger partial charge in [-0.05, 0) is 48.9 Å². The van der Waals surface area contributed by atoms with Crippen LogP contribution >= 0.6 is 11.8 Å². The third-order valence-corrected chi connectivity index (χ3v) is 8.00. The number of hydrogen-bond acceptors (Lipinski definition) is 7. The van der Waals surface area contributed by atoms with Gasteiger partial charge in [0.25, 0.3) is 0 Å². The second-order valence-electron chi connectivity index (χ2n) is 9.87. The molecule has 0 aromatic heterocycles. The van der Waals surface area contributed by atoms with Gasteiger partial charge in [0.2, 0.25) is 5.91 Å². The van der Waals surface area contributed by atoms with Crippen molar-refractivity contribution in [2.24, 2.45) is 23.5 Å². The van der Waals surface area contributed by atoms with Crippen LogP contribution in [0.2, 0.25) is 0 Å². The monoisotopic (exact) mass is 489 g/mol. The predicted molar refractivity (Wildman–Crippen MR) is 136 cm³/mol. The van der Waals surface area contributed by atoms with E-state index in [0.29, 0.717) is 17.2 Å². The van der Waals surface area contributed by atoms with Gasteiger partial charge < -0.3 is 15.8 Å². The summed E-state index contributed by atoms with van der Waals surface area (Å²) in [5.41, 5.74) is 6.08. The highest BCUT2D eigenvalue weighted by Gasteiger charge is 2.36. The zero-order chi connectivity index (χ0) is 24.7. The second kappa shape index (κ2) is 12.7. The molecule has 1 aromatic carbocycles. The molecule has 1 heterocycles. The van der Waals surface area contributed by atoms with Crippen LogP contribution in [0, 0.1) is 17.8 Å². The maximum atomic E-state index is 12.7. The van der Waals surface area contributed by atoms with Crippen LogP contribution in [0.15, 0.2) is 24.3 Å². The van der Waals surface area contributed by atoms with Crippen molar-refractivity contribution in [2.45, 2.75) is 83.3 Å². The molecular weight excluding hydrogens is 450 g/mol. The molecule has 4 atom stereocenters. The molecule has 1 aromatic rings. The van der Waals surface area contributed by atoms with E-state index < -0.39 is 12.0 Å². The Hall–Kier alpha value is -1.90. The highest BCUT2D eigenvalue weighted by Crippen LogP contribution is 2.31. The third kappa shape index (κ3) is 7.30. The van der Waals surface area contributed by atoms with Crippen molar-refractivity contribution >= 4 is 29.4 Å². The number of carbonyl (C=O) groups excluding carboxylic acids is 3. The van der Waals surface area contributed by atoms with Gasteiger partial charge in [-0.2, -0.15) is 0 Å². The number of nitrogens with one attached hydrogen (secondary N) is 2. The van der Waals surface area contributed by atoms with Crippen LogP contribution in [0.1, 0.15) is 76.1 Å². The summed E-state index contributed by atoms with van der Waals surface area (Å²) in [6.45, 7) is 5.78. The van der Waals surface area contributed by atoms with E-state index in [1.165, 1.54) is 43.9 Å². The number of Topliss-reactive ketones (excluding diaryl/α,β-unsaturated/α-hetero) is 1. The van der Waals surface area contributed by atoms with Gasteiger partial charge in [0.1, 0.15) is 17.3 Å². The standard InChI is InChI=1S/C26H39N3O4S/c1-4-20-21(14-17-8-6-5-7-9-17)28-26(29-24(20)31)34-15-22(30)18-10-12-19(13-11-18)33-25(32)23(27)16(2)3/h10-13,16-17,20-21,23,26,28H,4-9,14-15,27H2,1-3H3,(H,29,31). The normalized spacial score (nSPS) is 24.5. The van der Waals surface area contributed by atoms with E-state index in [1.54, 1.807) is 24.3 Å². The lowest BCUT2D eigenvalue weighted by Gasteiger charge is -2.39. The van der Waals surface area contributed by atoms with E-state index in [-0.39, 0.29) is 40.8 Å². The molecule has 1 aliphatic heterocycles. The molecule has 4 N–H and O–H groups in total. The molecule has 188 valence electrons. The van der Waals surface area contributed by atoms with Crippen LogP contribution in [-0.2, 0) is 9.59 Å². The van der Waals surface area contributed by atoms with Crippen molar-refractivity contribution < 1.29 is 19.1 Å². The number of hydrogen-bond donors (Lipinski definition) is 3. The molecule has 34 heavy (non-hydrogen) atoms. The van der Waals surface area contributed by atoms with E-state index in [1.807, 2.05) is 13.8 Å². The quantitative estimate of drug-likeness (QED) is 0.260. The highest BCUT2D eigenvalue weighted by atomic mass is 32.2. The highest BCUT2D eigenvalue weighted by molar-refractivity contribution is 8.00. The smallest absolute Gasteiger partial charge is 0.328 e. The Morgan fingerprint density at radius 3 is 2.44 bits per heavy atom. The van der Waals surface area contributed by atoms with Crippen LogP contribution < -0.4 is 21.1 Å². The van der Waals surface area contributed by atoms with Crippen molar-refractivity contribution in [1.82, 2.24) is 10.6 Å². The topological polar surface area (TPSA) is 111 Å². The number of thioether (sulfide) groups is 1. The number of amides is 1. The first kappa shape index (κ1) is 26.7. The van der Waals surface area contributed by atoms with E-state index in [9.17, 15) is 14.4 Å². The van der Waals surface area contributed by atoms with Crippen LogP contribution in [-0.4, -0.2) is 41.0 Å². The molecule has 0 bridgehead atoms. The summed E-state index contributed by atoms with van der Waals surface area (Å²) in [7, 11) is 0. The van der Waals surface area contributed by atoms with Crippen molar-refractivity contribution in [1.29, 1.82) is 0 Å². The Balaban J connectivity index is 1.52. The Morgan fingerprint density at radius 1 is 1.15 bits per heavy atom. The summed E-state index contributed by atoms with van der Waals surface area (Å²) in [4.78, 5) is 37.5. The average Bonchev–Trinajstić information content (AvgIpc) is 2.83. The number of ether oxygens (including phenoxy) is 1. The maximum Gasteiger partial charge on any atom is 0.328 e. The van der Waals surface area contributed by atoms with E-state index in [0.717, 1.165) is 12.8 Å². The second-order valence-corrected chi connectivity index (χ2v) is 11.0. The van der Waals surface area contributed by atoms with Gasteiger partial charge in [0.05, 0.1) is 11.7 Å². The number of nitrogens with two attached hydrogens (primary N) is 1. The molecule has 7 nitrogen and oxygen atoms in total. The first-order valence-electron chi connectivity index (χ1n) is 12.6. The minimum Gasteiger partial charge on any atom is -0.425 e. The van der Waals surface area contributed by atoms with Gasteiger partial charge in [0.15, 0.2) is 5.78 Å². The van der Waals surface area contributed by atoms with Gasteiger partial charge in [0, 0.05) is 11.6 Å². The lowest BCUT2D eigenvalue weighted by molar-refractivity contribution is -0.136. The van der Waals surface area contributed by atoms with Gasteiger partial charge in [-0.15, -0.1) is 11.8 Å². The molecule has 1 amide bonds. The maximum absolute atomic E-state index is 12.7. The van der Waals surface area contributed by atoms with Crippen molar-refractivity contribution in [2.75, 3.05) is 5.75 Å². The first-order valence-corrected chi connectivity index (χ1v) is 13.6. The Bertz CT molecular complexity index is 839. The average molecular weight is 490 g/mol. The zero-order valence-electron chi connectivity index (χ0n) is 20.5. The van der Waals surface area contributed by atoms with Crippen LogP contribution in [0.5, 0.6) is 5.75 Å². The minimum absolute atomic E-state index is 0.0193. The lowest BCUT2D eigenvalue weighted by atomic mass is 9.80. The summed E-state index contributed by atoms with van der Waals surface area (Å²) >= 11 is 1.41. The molecule has 2 aliphatic rings. The first-order chi connectivity index (χ1) is 16.3. The number of esters is 1. The summed E-state index contributed by atoms with van der Waals surface area (Å²) in [5, 5.41) is 6.63. The van der Waals surface area contributed by atoms with Gasteiger partial charge >= 0.3 is 5.97 Å². The number of rotatable bonds is 10. The molecule has 4 unspecified atom stereocenters. The van der Waals surface area contributed by atoms with Crippen LogP contribution in [0.4, 0.5) is 0 Å².